The maximum Gasteiger partial charge on any atom is 0.472 e. The molecule has 9 nitrogen and oxygen atoms in total. The van der Waals surface area contributed by atoms with Gasteiger partial charge in [-0.05, 0) is 109 Å². The van der Waals surface area contributed by atoms with Crippen LogP contribution in [0.1, 0.15) is 271 Å². The van der Waals surface area contributed by atoms with Crippen LogP contribution in [0.15, 0.2) is 122 Å². The first kappa shape index (κ1) is 78.4. The predicted molar refractivity (Wildman–Crippen MR) is 355 cm³/mol. The van der Waals surface area contributed by atoms with E-state index in [9.17, 15) is 19.0 Å². The lowest BCUT2D eigenvalue weighted by molar-refractivity contribution is -0.870. The van der Waals surface area contributed by atoms with Gasteiger partial charge in [0, 0.05) is 12.8 Å². The van der Waals surface area contributed by atoms with E-state index < -0.39 is 25.9 Å². The first-order valence-electron chi connectivity index (χ1n) is 33.4. The molecule has 0 aliphatic rings. The van der Waals surface area contributed by atoms with Gasteiger partial charge in [0.05, 0.1) is 33.8 Å². The van der Waals surface area contributed by atoms with Crippen molar-refractivity contribution >= 4 is 19.7 Å². The summed E-state index contributed by atoms with van der Waals surface area (Å²) in [6.45, 7) is 6.82. The number of amides is 1. The SMILES string of the molecule is CC/C=C\C/C=C\C/C=C\C/C=C\C/C=C\C/C=C\CCC(=O)OC(/C=C\CCCCCCCCCCCC)C(COP(=O)(O)OCC[N+](C)(C)C)NC(=O)CCCCCCCCCCCCCC/C=C\C/C=C\C/C=C\CCCCC. The molecule has 0 aromatic heterocycles. The third kappa shape index (κ3) is 61.0. The second-order valence-electron chi connectivity index (χ2n) is 23.3. The number of unbranched alkanes of at least 4 members (excludes halogenated alkanes) is 25. The highest BCUT2D eigenvalue weighted by Gasteiger charge is 2.30. The molecule has 3 atom stereocenters. The number of nitrogens with one attached hydrogen (secondary N) is 1. The number of hydrogen-bond donors (Lipinski definition) is 2. The van der Waals surface area contributed by atoms with Crippen molar-refractivity contribution in [2.45, 2.75) is 283 Å². The molecule has 0 saturated carbocycles. The number of carbonyl (C=O) groups excluding carboxylic acids is 2. The van der Waals surface area contributed by atoms with Crippen molar-refractivity contribution < 1.29 is 37.3 Å². The average molecular weight is 1160 g/mol. The van der Waals surface area contributed by atoms with Gasteiger partial charge in [-0.25, -0.2) is 4.57 Å². The number of rotatable bonds is 59. The molecule has 0 radical (unpaired) electrons. The van der Waals surface area contributed by atoms with Crippen molar-refractivity contribution in [1.29, 1.82) is 0 Å². The zero-order chi connectivity index (χ0) is 60.0. The lowest BCUT2D eigenvalue weighted by Crippen LogP contribution is -2.47. The van der Waals surface area contributed by atoms with Crippen molar-refractivity contribution in [2.24, 2.45) is 0 Å². The molecule has 0 aliphatic carbocycles. The molecule has 0 fully saturated rings. The molecular weight excluding hydrogens is 1040 g/mol. The van der Waals surface area contributed by atoms with Crippen LogP contribution in [0, 0.1) is 0 Å². The van der Waals surface area contributed by atoms with E-state index in [1.54, 1.807) is 0 Å². The molecule has 0 spiro atoms. The fraction of sp³-hybridized carbons (Fsp3) is 0.694. The quantitative estimate of drug-likeness (QED) is 0.0205. The Morgan fingerprint density at radius 2 is 0.793 bits per heavy atom. The largest absolute Gasteiger partial charge is 0.472 e. The molecule has 82 heavy (non-hydrogen) atoms. The van der Waals surface area contributed by atoms with E-state index in [0.717, 1.165) is 96.3 Å². The molecule has 0 bridgehead atoms. The smallest absolute Gasteiger partial charge is 0.456 e. The van der Waals surface area contributed by atoms with Crippen LogP contribution < -0.4 is 5.32 Å². The molecule has 3 unspecified atom stereocenters. The number of allylic oxidation sites excluding steroid dienone is 19. The van der Waals surface area contributed by atoms with Gasteiger partial charge in [-0.1, -0.05) is 271 Å². The zero-order valence-corrected chi connectivity index (χ0v) is 54.6. The minimum atomic E-state index is -4.48. The molecule has 0 heterocycles. The number of ether oxygens (including phenoxy) is 1. The summed E-state index contributed by atoms with van der Waals surface area (Å²) in [5.74, 6) is -0.608. The highest BCUT2D eigenvalue weighted by Crippen LogP contribution is 2.43. The second-order valence-corrected chi connectivity index (χ2v) is 24.7. The summed E-state index contributed by atoms with van der Waals surface area (Å²) in [6, 6.07) is -0.888. The van der Waals surface area contributed by atoms with Crippen LogP contribution >= 0.6 is 7.82 Å². The summed E-state index contributed by atoms with van der Waals surface area (Å²) in [7, 11) is 1.44. The Labute approximate surface area is 505 Å². The average Bonchev–Trinajstić information content (AvgIpc) is 3.44. The number of quaternary nitrogens is 1. The Balaban J connectivity index is 5.23. The Kier molecular flexibility index (Phi) is 57.9. The summed E-state index contributed by atoms with van der Waals surface area (Å²) in [5, 5.41) is 3.04. The molecule has 0 aromatic carbocycles. The standard InChI is InChI=1S/C72H125N2O7P/c1-7-10-13-16-19-22-25-28-30-32-34-35-36-37-38-39-41-42-44-46-49-52-55-58-61-64-71(75)73-69(68-80-82(77,78)79-67-66-74(4,5)6)70(63-60-57-54-51-48-27-24-21-18-15-12-9-3)81-72(76)65-62-59-56-53-50-47-45-43-40-33-31-29-26-23-20-17-14-11-8-2/h11,14,19-20,22-23,28-31,34-35,40,43,47,50,56,59-60,63,69-70H,7-10,12-13,15-18,21,24-27,32-33,36-39,41-42,44-46,48-49,51-55,57-58,61-62,64-68H2,1-6H3,(H-,73,75,77,78)/p+1/b14-11-,22-19-,23-20-,30-28-,31-29-,35-34-,43-40-,50-47-,59-56-,63-60-. The van der Waals surface area contributed by atoms with Gasteiger partial charge in [0.25, 0.3) is 0 Å². The number of nitrogens with zero attached hydrogens (tertiary/aromatic N) is 1. The van der Waals surface area contributed by atoms with Crippen LogP contribution in [0.25, 0.3) is 0 Å². The van der Waals surface area contributed by atoms with Crippen molar-refractivity contribution in [3.05, 3.63) is 122 Å². The number of likely N-dealkylation sites (N-methyl/N-ethyl adjacent to an activating group) is 1. The Bertz CT molecular complexity index is 1820. The number of phosphoric acid groups is 1. The highest BCUT2D eigenvalue weighted by atomic mass is 31.2. The van der Waals surface area contributed by atoms with E-state index >= 15 is 0 Å². The normalized spacial score (nSPS) is 14.4. The fourth-order valence-corrected chi connectivity index (χ4v) is 9.77. The number of phosphoric ester groups is 1. The monoisotopic (exact) mass is 1160 g/mol. The van der Waals surface area contributed by atoms with Crippen LogP contribution in [0.3, 0.4) is 0 Å². The molecule has 1 amide bonds. The second kappa shape index (κ2) is 60.5. The van der Waals surface area contributed by atoms with Crippen molar-refractivity contribution in [2.75, 3.05) is 40.9 Å². The molecule has 0 rings (SSSR count). The summed E-state index contributed by atoms with van der Waals surface area (Å²) in [5.41, 5.74) is 0. The Morgan fingerprint density at radius 3 is 1.22 bits per heavy atom. The van der Waals surface area contributed by atoms with E-state index in [0.29, 0.717) is 23.9 Å². The molecule has 0 saturated heterocycles. The molecule has 2 N–H and O–H groups in total. The van der Waals surface area contributed by atoms with Gasteiger partial charge in [0.2, 0.25) is 5.91 Å². The molecule has 0 aliphatic heterocycles. The van der Waals surface area contributed by atoms with Gasteiger partial charge in [0.1, 0.15) is 19.3 Å². The van der Waals surface area contributed by atoms with Crippen LogP contribution in [0.2, 0.25) is 0 Å². The van der Waals surface area contributed by atoms with Gasteiger partial charge >= 0.3 is 13.8 Å². The Hall–Kier alpha value is -3.59. The molecule has 470 valence electrons. The third-order valence-corrected chi connectivity index (χ3v) is 15.1. The summed E-state index contributed by atoms with van der Waals surface area (Å²) in [6.07, 6.45) is 85.0. The first-order valence-corrected chi connectivity index (χ1v) is 34.9. The first-order chi connectivity index (χ1) is 39.9. The van der Waals surface area contributed by atoms with Crippen LogP contribution in [-0.2, 0) is 27.9 Å². The third-order valence-electron chi connectivity index (χ3n) is 14.1. The maximum absolute atomic E-state index is 13.6. The summed E-state index contributed by atoms with van der Waals surface area (Å²) in [4.78, 5) is 37.8. The van der Waals surface area contributed by atoms with Crippen molar-refractivity contribution in [3.63, 3.8) is 0 Å². The van der Waals surface area contributed by atoms with E-state index in [1.807, 2.05) is 39.4 Å². The number of hydrogen-bond acceptors (Lipinski definition) is 6. The number of esters is 1. The highest BCUT2D eigenvalue weighted by molar-refractivity contribution is 7.47. The summed E-state index contributed by atoms with van der Waals surface area (Å²) < 4.78 is 30.7. The zero-order valence-electron chi connectivity index (χ0n) is 53.7. The van der Waals surface area contributed by atoms with E-state index in [4.69, 9.17) is 13.8 Å². The predicted octanol–water partition coefficient (Wildman–Crippen LogP) is 21.1. The summed E-state index contributed by atoms with van der Waals surface area (Å²) >= 11 is 0. The minimum Gasteiger partial charge on any atom is -0.456 e. The molecule has 0 aromatic rings. The van der Waals surface area contributed by atoms with Gasteiger partial charge in [-0.15, -0.1) is 0 Å². The lowest BCUT2D eigenvalue weighted by atomic mass is 10.0. The minimum absolute atomic E-state index is 0.0231. The van der Waals surface area contributed by atoms with Crippen LogP contribution in [0.4, 0.5) is 0 Å². The Morgan fingerprint density at radius 1 is 0.439 bits per heavy atom. The van der Waals surface area contributed by atoms with Crippen molar-refractivity contribution in [1.82, 2.24) is 5.32 Å². The van der Waals surface area contributed by atoms with Gasteiger partial charge in [-0.2, -0.15) is 0 Å². The van der Waals surface area contributed by atoms with Crippen LogP contribution in [0.5, 0.6) is 0 Å². The topological polar surface area (TPSA) is 111 Å². The van der Waals surface area contributed by atoms with E-state index in [2.05, 4.69) is 129 Å². The van der Waals surface area contributed by atoms with Gasteiger partial charge in [-0.3, -0.25) is 18.6 Å². The van der Waals surface area contributed by atoms with E-state index in [-0.39, 0.29) is 25.5 Å². The number of carbonyl (C=O) groups is 2. The fourth-order valence-electron chi connectivity index (χ4n) is 9.03. The van der Waals surface area contributed by atoms with E-state index in [1.165, 1.54) is 135 Å². The van der Waals surface area contributed by atoms with Crippen molar-refractivity contribution in [3.8, 4) is 0 Å². The lowest BCUT2D eigenvalue weighted by Gasteiger charge is -2.27. The van der Waals surface area contributed by atoms with Gasteiger partial charge in [0.15, 0.2) is 0 Å². The van der Waals surface area contributed by atoms with Crippen LogP contribution in [-0.4, -0.2) is 74.3 Å². The molecule has 10 heteroatoms. The van der Waals surface area contributed by atoms with Gasteiger partial charge < -0.3 is 19.4 Å². The molecular formula is C72H126N2O7P+. The maximum atomic E-state index is 13.6.